The molecule has 2 aliphatic heterocycles. The predicted molar refractivity (Wildman–Crippen MR) is 131 cm³/mol. The highest BCUT2D eigenvalue weighted by Gasteiger charge is 2.36. The Labute approximate surface area is 199 Å². The van der Waals surface area contributed by atoms with Crippen molar-refractivity contribution >= 4 is 28.9 Å². The molecule has 0 fully saturated rings. The Bertz CT molecular complexity index is 1380. The third kappa shape index (κ3) is 4.54. The quantitative estimate of drug-likeness (QED) is 0.444. The van der Waals surface area contributed by atoms with Crippen molar-refractivity contribution in [3.63, 3.8) is 0 Å². The Kier molecular flexibility index (Phi) is 5.64. The zero-order valence-electron chi connectivity index (χ0n) is 18.7. The predicted octanol–water partition coefficient (Wildman–Crippen LogP) is 4.53. The maximum atomic E-state index is 13.8. The number of pyridine rings is 1. The number of nitrogens with zero attached hydrogens (tertiary/aromatic N) is 3. The van der Waals surface area contributed by atoms with Gasteiger partial charge in [0, 0.05) is 41.3 Å². The van der Waals surface area contributed by atoms with Gasteiger partial charge in [0.25, 0.3) is 0 Å². The number of alkyl halides is 3. The van der Waals surface area contributed by atoms with Crippen LogP contribution >= 0.6 is 0 Å². The lowest BCUT2D eigenvalue weighted by atomic mass is 10.0. The number of nitrogens with two attached hydrogens (primary N) is 1. The topological polar surface area (TPSA) is 99.7 Å². The minimum absolute atomic E-state index is 0.0495. The van der Waals surface area contributed by atoms with Gasteiger partial charge in [-0.3, -0.25) is 4.98 Å². The van der Waals surface area contributed by atoms with Gasteiger partial charge in [-0.05, 0) is 30.7 Å². The van der Waals surface area contributed by atoms with Crippen LogP contribution in [0.25, 0.3) is 5.70 Å². The minimum Gasteiger partial charge on any atom is -0.397 e. The molecule has 1 unspecified atom stereocenters. The minimum atomic E-state index is -4.55. The van der Waals surface area contributed by atoms with E-state index in [2.05, 4.69) is 30.9 Å². The van der Waals surface area contributed by atoms with Gasteiger partial charge < -0.3 is 21.7 Å². The van der Waals surface area contributed by atoms with Crippen molar-refractivity contribution in [3.8, 4) is 0 Å². The molecule has 35 heavy (non-hydrogen) atoms. The number of aliphatic imine (C=N–C) groups is 2. The molecule has 7 nitrogen and oxygen atoms in total. The van der Waals surface area contributed by atoms with Crippen LogP contribution in [0.4, 0.5) is 24.5 Å². The van der Waals surface area contributed by atoms with Crippen molar-refractivity contribution in [1.29, 1.82) is 0 Å². The normalized spacial score (nSPS) is 17.5. The van der Waals surface area contributed by atoms with Crippen LogP contribution < -0.4 is 21.7 Å². The number of nitrogens with one attached hydrogen (secondary N) is 3. The van der Waals surface area contributed by atoms with Crippen molar-refractivity contribution in [1.82, 2.24) is 15.6 Å². The van der Waals surface area contributed by atoms with Crippen LogP contribution in [0.1, 0.15) is 35.3 Å². The molecule has 0 spiro atoms. The molecule has 0 amide bonds. The van der Waals surface area contributed by atoms with Gasteiger partial charge in [-0.2, -0.15) is 13.2 Å². The summed E-state index contributed by atoms with van der Waals surface area (Å²) in [5, 5.41) is 9.76. The zero-order chi connectivity index (χ0) is 24.6. The van der Waals surface area contributed by atoms with Crippen LogP contribution in [0.3, 0.4) is 0 Å². The largest absolute Gasteiger partial charge is 0.416 e. The molecule has 2 aliphatic rings. The van der Waals surface area contributed by atoms with Gasteiger partial charge in [0.05, 0.1) is 16.9 Å². The van der Waals surface area contributed by atoms with E-state index < -0.39 is 17.9 Å². The second-order valence-electron chi connectivity index (χ2n) is 8.23. The molecule has 2 aromatic carbocycles. The second-order valence-corrected chi connectivity index (χ2v) is 8.23. The Morgan fingerprint density at radius 3 is 2.60 bits per heavy atom. The summed E-state index contributed by atoms with van der Waals surface area (Å²) in [7, 11) is 0. The molecule has 3 aromatic rings. The average Bonchev–Trinajstić information content (AvgIpc) is 2.85. The first-order valence-electron chi connectivity index (χ1n) is 10.9. The number of aromatic nitrogens is 1. The number of anilines is 2. The Morgan fingerprint density at radius 2 is 1.80 bits per heavy atom. The van der Waals surface area contributed by atoms with Crippen LogP contribution in [0.2, 0.25) is 0 Å². The molecule has 5 N–H and O–H groups in total. The third-order valence-electron chi connectivity index (χ3n) is 5.73. The molecule has 0 saturated heterocycles. The van der Waals surface area contributed by atoms with E-state index in [1.54, 1.807) is 18.3 Å². The number of hydrogen-bond acceptors (Lipinski definition) is 7. The molecule has 3 heterocycles. The molecule has 1 aromatic heterocycles. The highest BCUT2D eigenvalue weighted by molar-refractivity contribution is 6.12. The lowest BCUT2D eigenvalue weighted by Crippen LogP contribution is -2.44. The van der Waals surface area contributed by atoms with Crippen molar-refractivity contribution in [2.24, 2.45) is 9.98 Å². The average molecular weight is 477 g/mol. The van der Waals surface area contributed by atoms with E-state index in [1.165, 1.54) is 18.3 Å². The highest BCUT2D eigenvalue weighted by Crippen LogP contribution is 2.37. The molecule has 0 saturated carbocycles. The summed E-state index contributed by atoms with van der Waals surface area (Å²) in [6.07, 6.45) is -2.66. The Morgan fingerprint density at radius 1 is 1.03 bits per heavy atom. The van der Waals surface area contributed by atoms with E-state index in [9.17, 15) is 13.2 Å². The molecular weight excluding hydrogens is 455 g/mol. The van der Waals surface area contributed by atoms with E-state index in [1.807, 2.05) is 31.2 Å². The first-order chi connectivity index (χ1) is 16.8. The van der Waals surface area contributed by atoms with E-state index in [0.717, 1.165) is 28.6 Å². The standard InChI is InChI=1S/C25H22F3N7/c1-14-11-31-20-9-5-3-7-18(20)21(14)32-24-34-22(15-10-16(29)13-30-12-15)33-23(35-24)17-6-2-4-8-19(17)25(26,27)28/h2-10,12-13,23,31H,11,29H2,1H3,(H2,32,33,34,35). The summed E-state index contributed by atoms with van der Waals surface area (Å²) >= 11 is 0. The molecule has 178 valence electrons. The number of hydrogen-bond donors (Lipinski definition) is 4. The van der Waals surface area contributed by atoms with E-state index in [0.29, 0.717) is 23.6 Å². The van der Waals surface area contributed by atoms with E-state index in [-0.39, 0.29) is 11.5 Å². The first kappa shape index (κ1) is 22.5. The monoisotopic (exact) mass is 477 g/mol. The summed E-state index contributed by atoms with van der Waals surface area (Å²) in [6, 6.07) is 14.8. The SMILES string of the molecule is CC1=C(NC2=NC(c3ccccc3C(F)(F)F)N=C(c3cncc(N)c3)N2)c2ccccc2NC1. The van der Waals surface area contributed by atoms with Gasteiger partial charge in [-0.1, -0.05) is 36.4 Å². The lowest BCUT2D eigenvalue weighted by molar-refractivity contribution is -0.138. The molecular formula is C25H22F3N7. The smallest absolute Gasteiger partial charge is 0.397 e. The number of fused-ring (bicyclic) bond motifs is 1. The van der Waals surface area contributed by atoms with Gasteiger partial charge in [0.2, 0.25) is 5.96 Å². The maximum absolute atomic E-state index is 13.8. The summed E-state index contributed by atoms with van der Waals surface area (Å²) in [5.41, 5.74) is 9.72. The van der Waals surface area contributed by atoms with Gasteiger partial charge in [-0.15, -0.1) is 0 Å². The molecule has 10 heteroatoms. The van der Waals surface area contributed by atoms with Gasteiger partial charge in [-0.25, -0.2) is 9.98 Å². The summed E-state index contributed by atoms with van der Waals surface area (Å²) < 4.78 is 41.4. The summed E-state index contributed by atoms with van der Waals surface area (Å²) in [4.78, 5) is 13.1. The molecule has 0 aliphatic carbocycles. The Hall–Kier alpha value is -4.34. The van der Waals surface area contributed by atoms with Crippen LogP contribution in [0.5, 0.6) is 0 Å². The number of rotatable bonds is 3. The van der Waals surface area contributed by atoms with Crippen molar-refractivity contribution in [3.05, 3.63) is 94.8 Å². The fourth-order valence-electron chi connectivity index (χ4n) is 4.06. The van der Waals surface area contributed by atoms with Crippen molar-refractivity contribution in [2.45, 2.75) is 19.3 Å². The Balaban J connectivity index is 1.59. The van der Waals surface area contributed by atoms with Crippen LogP contribution in [-0.2, 0) is 6.18 Å². The lowest BCUT2D eigenvalue weighted by Gasteiger charge is -2.28. The zero-order valence-corrected chi connectivity index (χ0v) is 18.7. The van der Waals surface area contributed by atoms with Crippen molar-refractivity contribution < 1.29 is 13.2 Å². The highest BCUT2D eigenvalue weighted by atomic mass is 19.4. The number of halogens is 3. The van der Waals surface area contributed by atoms with Crippen LogP contribution in [0, 0.1) is 0 Å². The molecule has 0 bridgehead atoms. The maximum Gasteiger partial charge on any atom is 0.416 e. The number of nitrogen functional groups attached to an aromatic ring is 1. The number of guanidine groups is 1. The fourth-order valence-corrected chi connectivity index (χ4v) is 4.06. The number of para-hydroxylation sites is 1. The number of benzene rings is 2. The first-order valence-corrected chi connectivity index (χ1v) is 10.9. The van der Waals surface area contributed by atoms with E-state index in [4.69, 9.17) is 5.73 Å². The molecule has 0 radical (unpaired) electrons. The van der Waals surface area contributed by atoms with Gasteiger partial charge in [0.1, 0.15) is 5.84 Å². The van der Waals surface area contributed by atoms with E-state index >= 15 is 0 Å². The molecule has 5 rings (SSSR count). The summed E-state index contributed by atoms with van der Waals surface area (Å²) in [5.74, 6) is 0.579. The van der Waals surface area contributed by atoms with Crippen molar-refractivity contribution in [2.75, 3.05) is 17.6 Å². The van der Waals surface area contributed by atoms with Crippen LogP contribution in [0.15, 0.2) is 82.5 Å². The fraction of sp³-hybridized carbons (Fsp3) is 0.160. The van der Waals surface area contributed by atoms with Crippen LogP contribution in [-0.4, -0.2) is 23.3 Å². The second kappa shape index (κ2) is 8.79. The van der Waals surface area contributed by atoms with Gasteiger partial charge >= 0.3 is 6.18 Å². The third-order valence-corrected chi connectivity index (χ3v) is 5.73. The van der Waals surface area contributed by atoms with Gasteiger partial charge in [0.15, 0.2) is 6.17 Å². The summed E-state index contributed by atoms with van der Waals surface area (Å²) in [6.45, 7) is 2.59. The number of amidine groups is 1. The molecule has 1 atom stereocenters.